The molecule has 0 saturated carbocycles. The van der Waals surface area contributed by atoms with Crippen molar-refractivity contribution in [2.24, 2.45) is 4.99 Å². The first kappa shape index (κ1) is 19.9. The average Bonchev–Trinajstić information content (AvgIpc) is 2.69. The summed E-state index contributed by atoms with van der Waals surface area (Å²) in [5.74, 6) is 0.877. The summed E-state index contributed by atoms with van der Waals surface area (Å²) >= 11 is 0. The highest BCUT2D eigenvalue weighted by molar-refractivity contribution is 5.80. The van der Waals surface area contributed by atoms with Gasteiger partial charge in [0.15, 0.2) is 5.96 Å². The molecule has 1 aromatic carbocycles. The molecular weight excluding hydrogens is 330 g/mol. The number of benzene rings is 1. The third kappa shape index (κ3) is 5.28. The van der Waals surface area contributed by atoms with E-state index in [-0.39, 0.29) is 6.09 Å². The average molecular weight is 361 g/mol. The van der Waals surface area contributed by atoms with E-state index in [0.717, 1.165) is 25.6 Å². The lowest BCUT2D eigenvalue weighted by atomic mass is 10.2. The third-order valence-electron chi connectivity index (χ3n) is 4.70. The van der Waals surface area contributed by atoms with Gasteiger partial charge in [0.05, 0.1) is 6.61 Å². The van der Waals surface area contributed by atoms with Crippen LogP contribution in [0, 0.1) is 0 Å². The largest absolute Gasteiger partial charge is 0.450 e. The van der Waals surface area contributed by atoms with Gasteiger partial charge in [0.1, 0.15) is 0 Å². The van der Waals surface area contributed by atoms with Crippen LogP contribution in [0.15, 0.2) is 35.3 Å². The van der Waals surface area contributed by atoms with Crippen LogP contribution in [0.4, 0.5) is 10.5 Å². The fourth-order valence-corrected chi connectivity index (χ4v) is 2.94. The predicted octanol–water partition coefficient (Wildman–Crippen LogP) is 1.86. The number of ether oxygens (including phenoxy) is 1. The lowest BCUT2D eigenvalue weighted by Gasteiger charge is -2.36. The molecule has 1 N–H and O–H groups in total. The van der Waals surface area contributed by atoms with Crippen LogP contribution in [0.3, 0.4) is 0 Å². The molecule has 144 valence electrons. The molecule has 1 saturated heterocycles. The third-order valence-corrected chi connectivity index (χ3v) is 4.70. The van der Waals surface area contributed by atoms with Crippen molar-refractivity contribution in [2.75, 3.05) is 58.3 Å². The van der Waals surface area contributed by atoms with Crippen molar-refractivity contribution in [3.8, 4) is 0 Å². The minimum absolute atomic E-state index is 0.229. The van der Waals surface area contributed by atoms with E-state index >= 15 is 0 Å². The maximum absolute atomic E-state index is 11.8. The van der Waals surface area contributed by atoms with Gasteiger partial charge in [0.2, 0.25) is 0 Å². The van der Waals surface area contributed by atoms with Crippen molar-refractivity contribution in [1.82, 2.24) is 15.1 Å². The zero-order chi connectivity index (χ0) is 18.9. The number of piperazine rings is 1. The topological polar surface area (TPSA) is 60.4 Å². The highest BCUT2D eigenvalue weighted by atomic mass is 16.6. The highest BCUT2D eigenvalue weighted by Crippen LogP contribution is 2.13. The fourth-order valence-electron chi connectivity index (χ4n) is 2.94. The molecule has 1 aliphatic rings. The molecule has 1 fully saturated rings. The summed E-state index contributed by atoms with van der Waals surface area (Å²) in [6, 6.07) is 10.7. The second-order valence-electron chi connectivity index (χ2n) is 6.40. The Kier molecular flexibility index (Phi) is 7.56. The van der Waals surface area contributed by atoms with Gasteiger partial charge in [-0.3, -0.25) is 4.99 Å². The first-order valence-corrected chi connectivity index (χ1v) is 9.22. The van der Waals surface area contributed by atoms with Crippen molar-refractivity contribution in [3.05, 3.63) is 30.3 Å². The zero-order valence-corrected chi connectivity index (χ0v) is 16.3. The number of para-hydroxylation sites is 1. The lowest BCUT2D eigenvalue weighted by molar-refractivity contribution is 0.0914. The van der Waals surface area contributed by atoms with E-state index in [1.807, 2.05) is 25.1 Å². The number of carbonyl (C=O) groups excluding carboxylic acids is 1. The number of nitrogens with zero attached hydrogens (tertiary/aromatic N) is 4. The standard InChI is InChI=1S/C19H31N5O2/c1-5-26-19(25)24-13-11-23(12-14-24)18(20-3)21-15-16(2)22(4)17-9-7-6-8-10-17/h6-10,16H,5,11-15H2,1-4H3,(H,20,21). The Morgan fingerprint density at radius 1 is 1.23 bits per heavy atom. The number of hydrogen-bond donors (Lipinski definition) is 1. The Balaban J connectivity index is 1.82. The van der Waals surface area contributed by atoms with Crippen LogP contribution in [0.1, 0.15) is 13.8 Å². The number of amides is 1. The van der Waals surface area contributed by atoms with E-state index in [0.29, 0.717) is 25.7 Å². The number of rotatable bonds is 5. The van der Waals surface area contributed by atoms with Gasteiger partial charge >= 0.3 is 6.09 Å². The quantitative estimate of drug-likeness (QED) is 0.641. The molecule has 26 heavy (non-hydrogen) atoms. The van der Waals surface area contributed by atoms with Crippen LogP contribution in [-0.2, 0) is 4.74 Å². The minimum Gasteiger partial charge on any atom is -0.450 e. The van der Waals surface area contributed by atoms with E-state index < -0.39 is 0 Å². The van der Waals surface area contributed by atoms with Crippen LogP contribution in [-0.4, -0.2) is 81.3 Å². The van der Waals surface area contributed by atoms with E-state index in [1.165, 1.54) is 5.69 Å². The summed E-state index contributed by atoms with van der Waals surface area (Å²) in [5, 5.41) is 3.46. The second kappa shape index (κ2) is 9.89. The van der Waals surface area contributed by atoms with Gasteiger partial charge in [-0.05, 0) is 26.0 Å². The molecule has 1 unspecified atom stereocenters. The maximum Gasteiger partial charge on any atom is 0.409 e. The van der Waals surface area contributed by atoms with Gasteiger partial charge in [-0.15, -0.1) is 0 Å². The van der Waals surface area contributed by atoms with Crippen LogP contribution < -0.4 is 10.2 Å². The van der Waals surface area contributed by atoms with Crippen molar-refractivity contribution in [1.29, 1.82) is 0 Å². The summed E-state index contributed by atoms with van der Waals surface area (Å²) in [4.78, 5) is 22.4. The Morgan fingerprint density at radius 2 is 1.85 bits per heavy atom. The van der Waals surface area contributed by atoms with Crippen LogP contribution >= 0.6 is 0 Å². The van der Waals surface area contributed by atoms with E-state index in [9.17, 15) is 4.79 Å². The van der Waals surface area contributed by atoms with E-state index in [4.69, 9.17) is 4.74 Å². The van der Waals surface area contributed by atoms with Crippen molar-refractivity contribution in [3.63, 3.8) is 0 Å². The normalized spacial score (nSPS) is 16.2. The lowest BCUT2D eigenvalue weighted by Crippen LogP contribution is -2.55. The molecule has 0 spiro atoms. The van der Waals surface area contributed by atoms with Crippen LogP contribution in [0.25, 0.3) is 0 Å². The number of likely N-dealkylation sites (N-methyl/N-ethyl adjacent to an activating group) is 1. The Labute approximate surface area is 156 Å². The predicted molar refractivity (Wildman–Crippen MR) is 106 cm³/mol. The SMILES string of the molecule is CCOC(=O)N1CCN(C(=NC)NCC(C)N(C)c2ccccc2)CC1. The Morgan fingerprint density at radius 3 is 2.42 bits per heavy atom. The van der Waals surface area contributed by atoms with Crippen molar-refractivity contribution < 1.29 is 9.53 Å². The van der Waals surface area contributed by atoms with Gasteiger partial charge in [-0.2, -0.15) is 0 Å². The zero-order valence-electron chi connectivity index (χ0n) is 16.3. The highest BCUT2D eigenvalue weighted by Gasteiger charge is 2.24. The number of guanidine groups is 1. The summed E-state index contributed by atoms with van der Waals surface area (Å²) in [7, 11) is 3.90. The van der Waals surface area contributed by atoms with Gasteiger partial charge < -0.3 is 24.8 Å². The first-order valence-electron chi connectivity index (χ1n) is 9.22. The minimum atomic E-state index is -0.229. The maximum atomic E-state index is 11.8. The molecule has 1 aromatic rings. The van der Waals surface area contributed by atoms with Gasteiger partial charge in [0, 0.05) is 58.5 Å². The summed E-state index contributed by atoms with van der Waals surface area (Å²) in [6.45, 7) is 8.02. The Hall–Kier alpha value is -2.44. The molecule has 1 aliphatic heterocycles. The molecule has 1 heterocycles. The summed E-state index contributed by atoms with van der Waals surface area (Å²) in [5.41, 5.74) is 1.19. The molecule has 1 amide bonds. The fraction of sp³-hybridized carbons (Fsp3) is 0.579. The van der Waals surface area contributed by atoms with Gasteiger partial charge in [0.25, 0.3) is 0 Å². The monoisotopic (exact) mass is 361 g/mol. The number of hydrogen-bond acceptors (Lipinski definition) is 4. The Bertz CT molecular complexity index is 585. The molecule has 0 aromatic heterocycles. The van der Waals surface area contributed by atoms with Crippen molar-refractivity contribution in [2.45, 2.75) is 19.9 Å². The molecule has 0 aliphatic carbocycles. The number of aliphatic imine (C=N–C) groups is 1. The molecule has 7 nitrogen and oxygen atoms in total. The number of anilines is 1. The van der Waals surface area contributed by atoms with Crippen LogP contribution in [0.2, 0.25) is 0 Å². The molecule has 2 rings (SSSR count). The van der Waals surface area contributed by atoms with Crippen molar-refractivity contribution >= 4 is 17.7 Å². The summed E-state index contributed by atoms with van der Waals surface area (Å²) in [6.07, 6.45) is -0.229. The molecular formula is C19H31N5O2. The second-order valence-corrected chi connectivity index (χ2v) is 6.40. The first-order chi connectivity index (χ1) is 12.6. The van der Waals surface area contributed by atoms with E-state index in [2.05, 4.69) is 46.2 Å². The van der Waals surface area contributed by atoms with E-state index in [1.54, 1.807) is 11.9 Å². The number of carbonyl (C=O) groups is 1. The molecule has 1 atom stereocenters. The van der Waals surface area contributed by atoms with Gasteiger partial charge in [-0.25, -0.2) is 4.79 Å². The van der Waals surface area contributed by atoms with Gasteiger partial charge in [-0.1, -0.05) is 18.2 Å². The number of nitrogens with one attached hydrogen (secondary N) is 1. The molecule has 7 heteroatoms. The van der Waals surface area contributed by atoms with Crippen LogP contribution in [0.5, 0.6) is 0 Å². The molecule has 0 bridgehead atoms. The summed E-state index contributed by atoms with van der Waals surface area (Å²) < 4.78 is 5.07. The smallest absolute Gasteiger partial charge is 0.409 e. The molecule has 0 radical (unpaired) electrons.